The van der Waals surface area contributed by atoms with E-state index in [1.807, 2.05) is 11.9 Å². The summed E-state index contributed by atoms with van der Waals surface area (Å²) in [6.07, 6.45) is 0.0647. The van der Waals surface area contributed by atoms with E-state index >= 15 is 0 Å². The molecule has 3 saturated heterocycles. The number of hydrogen-bond acceptors (Lipinski definition) is 8. The van der Waals surface area contributed by atoms with Crippen LogP contribution in [0.2, 0.25) is 0 Å². The van der Waals surface area contributed by atoms with Crippen LogP contribution in [0.1, 0.15) is 19.8 Å². The summed E-state index contributed by atoms with van der Waals surface area (Å²) in [6, 6.07) is 0. The molecule has 0 aromatic carbocycles. The van der Waals surface area contributed by atoms with Gasteiger partial charge in [0.15, 0.2) is 0 Å². The van der Waals surface area contributed by atoms with Gasteiger partial charge < -0.3 is 28.7 Å². The number of carbonyl (C=O) groups is 3. The van der Waals surface area contributed by atoms with Gasteiger partial charge in [-0.05, 0) is 26.8 Å². The summed E-state index contributed by atoms with van der Waals surface area (Å²) in [5.41, 5.74) is 0. The number of likely N-dealkylation sites (N-methyl/N-ethyl adjacent to an activating group) is 1. The van der Waals surface area contributed by atoms with Gasteiger partial charge in [0, 0.05) is 26.2 Å². The molecule has 0 aromatic heterocycles. The standard InChI is InChI=1S/C17H26N2O7/c1-3-23-17(22)25-10-24-16(21)14-12-5-4-11(26-12)13(14)15(20)19-8-6-18(2)7-9-19/h11-14H,3-10H2,1-2H3/t11-,12+,13?,14?/m0/s1. The van der Waals surface area contributed by atoms with Gasteiger partial charge in [0.05, 0.1) is 30.7 Å². The fraction of sp³-hybridized carbons (Fsp3) is 0.824. The molecule has 2 unspecified atom stereocenters. The molecule has 1 amide bonds. The largest absolute Gasteiger partial charge is 0.511 e. The van der Waals surface area contributed by atoms with Gasteiger partial charge in [0.25, 0.3) is 0 Å². The summed E-state index contributed by atoms with van der Waals surface area (Å²) < 4.78 is 20.2. The molecular formula is C17H26N2O7. The maximum Gasteiger partial charge on any atom is 0.511 e. The number of fused-ring (bicyclic) bond motifs is 2. The van der Waals surface area contributed by atoms with Gasteiger partial charge in [-0.3, -0.25) is 9.59 Å². The maximum absolute atomic E-state index is 13.0. The van der Waals surface area contributed by atoms with Crippen molar-refractivity contribution in [1.29, 1.82) is 0 Å². The summed E-state index contributed by atoms with van der Waals surface area (Å²) >= 11 is 0. The highest BCUT2D eigenvalue weighted by Crippen LogP contribution is 2.45. The van der Waals surface area contributed by atoms with Crippen LogP contribution in [0.3, 0.4) is 0 Å². The molecule has 0 aliphatic carbocycles. The lowest BCUT2D eigenvalue weighted by atomic mass is 9.78. The molecule has 9 nitrogen and oxygen atoms in total. The van der Waals surface area contributed by atoms with E-state index in [0.29, 0.717) is 13.1 Å². The zero-order chi connectivity index (χ0) is 18.7. The maximum atomic E-state index is 13.0. The molecule has 3 aliphatic heterocycles. The molecule has 146 valence electrons. The number of piperazine rings is 1. The minimum atomic E-state index is -0.894. The summed E-state index contributed by atoms with van der Waals surface area (Å²) in [4.78, 5) is 40.6. The molecule has 2 bridgehead atoms. The van der Waals surface area contributed by atoms with Crippen LogP contribution in [0.5, 0.6) is 0 Å². The van der Waals surface area contributed by atoms with Crippen LogP contribution in [0.4, 0.5) is 4.79 Å². The van der Waals surface area contributed by atoms with Crippen molar-refractivity contribution in [3.63, 3.8) is 0 Å². The van der Waals surface area contributed by atoms with Crippen molar-refractivity contribution in [3.05, 3.63) is 0 Å². The lowest BCUT2D eigenvalue weighted by Gasteiger charge is -2.36. The van der Waals surface area contributed by atoms with Crippen molar-refractivity contribution in [2.45, 2.75) is 32.0 Å². The summed E-state index contributed by atoms with van der Waals surface area (Å²) in [7, 11) is 2.02. The molecule has 0 radical (unpaired) electrons. The first-order valence-corrected chi connectivity index (χ1v) is 9.10. The Bertz CT molecular complexity index is 547. The number of carbonyl (C=O) groups excluding carboxylic acids is 3. The van der Waals surface area contributed by atoms with Crippen LogP contribution in [-0.4, -0.2) is 86.7 Å². The molecule has 0 saturated carbocycles. The number of hydrogen-bond donors (Lipinski definition) is 0. The van der Waals surface area contributed by atoms with E-state index in [1.165, 1.54) is 0 Å². The van der Waals surface area contributed by atoms with E-state index in [9.17, 15) is 14.4 Å². The van der Waals surface area contributed by atoms with E-state index in [-0.39, 0.29) is 24.7 Å². The Kier molecular flexibility index (Phi) is 5.98. The van der Waals surface area contributed by atoms with E-state index in [4.69, 9.17) is 9.47 Å². The Balaban J connectivity index is 1.58. The second kappa shape index (κ2) is 8.22. The molecule has 0 spiro atoms. The number of ether oxygens (including phenoxy) is 4. The summed E-state index contributed by atoms with van der Waals surface area (Å²) in [6.45, 7) is 4.23. The normalized spacial score (nSPS) is 30.9. The number of esters is 1. The lowest BCUT2D eigenvalue weighted by Crippen LogP contribution is -2.52. The summed E-state index contributed by atoms with van der Waals surface area (Å²) in [5.74, 6) is -1.77. The van der Waals surface area contributed by atoms with Crippen LogP contribution >= 0.6 is 0 Å². The highest BCUT2D eigenvalue weighted by molar-refractivity contribution is 5.87. The SMILES string of the molecule is CCOC(=O)OCOC(=O)C1C(C(=O)N2CCN(C)CC2)[C@@H]2CC[C@H]1O2. The van der Waals surface area contributed by atoms with Gasteiger partial charge >= 0.3 is 12.1 Å². The predicted molar refractivity (Wildman–Crippen MR) is 88.0 cm³/mol. The van der Waals surface area contributed by atoms with Gasteiger partial charge in [0.2, 0.25) is 12.7 Å². The smallest absolute Gasteiger partial charge is 0.435 e. The minimum Gasteiger partial charge on any atom is -0.435 e. The zero-order valence-corrected chi connectivity index (χ0v) is 15.2. The second-order valence-corrected chi connectivity index (χ2v) is 6.88. The van der Waals surface area contributed by atoms with Gasteiger partial charge in [-0.25, -0.2) is 4.79 Å². The Morgan fingerprint density at radius 2 is 1.62 bits per heavy atom. The van der Waals surface area contributed by atoms with Crippen molar-refractivity contribution < 1.29 is 33.3 Å². The minimum absolute atomic E-state index is 0.0430. The van der Waals surface area contributed by atoms with Crippen molar-refractivity contribution in [2.24, 2.45) is 11.8 Å². The quantitative estimate of drug-likeness (QED) is 0.501. The van der Waals surface area contributed by atoms with Crippen LogP contribution in [0, 0.1) is 11.8 Å². The molecule has 0 N–H and O–H groups in total. The molecule has 3 rings (SSSR count). The number of rotatable bonds is 5. The molecule has 3 fully saturated rings. The summed E-state index contributed by atoms with van der Waals surface area (Å²) in [5, 5.41) is 0. The van der Waals surface area contributed by atoms with Crippen molar-refractivity contribution in [2.75, 3.05) is 46.6 Å². The first kappa shape index (κ1) is 18.9. The van der Waals surface area contributed by atoms with Gasteiger partial charge in [-0.1, -0.05) is 0 Å². The predicted octanol–water partition coefficient (Wildman–Crippen LogP) is 0.228. The van der Waals surface area contributed by atoms with E-state index < -0.39 is 30.8 Å². The van der Waals surface area contributed by atoms with Crippen LogP contribution in [-0.2, 0) is 28.5 Å². The Morgan fingerprint density at radius 3 is 2.27 bits per heavy atom. The van der Waals surface area contributed by atoms with Crippen LogP contribution < -0.4 is 0 Å². The molecule has 0 aromatic rings. The van der Waals surface area contributed by atoms with Crippen molar-refractivity contribution >= 4 is 18.0 Å². The highest BCUT2D eigenvalue weighted by Gasteiger charge is 2.57. The van der Waals surface area contributed by atoms with Gasteiger partial charge in [-0.2, -0.15) is 0 Å². The molecule has 3 heterocycles. The Morgan fingerprint density at radius 1 is 0.962 bits per heavy atom. The fourth-order valence-corrected chi connectivity index (χ4v) is 3.92. The molecule has 4 atom stereocenters. The van der Waals surface area contributed by atoms with Crippen LogP contribution in [0.15, 0.2) is 0 Å². The number of nitrogens with zero attached hydrogens (tertiary/aromatic N) is 2. The van der Waals surface area contributed by atoms with Crippen molar-refractivity contribution in [1.82, 2.24) is 9.80 Å². The van der Waals surface area contributed by atoms with Gasteiger partial charge in [-0.15, -0.1) is 0 Å². The van der Waals surface area contributed by atoms with E-state index in [0.717, 1.165) is 25.9 Å². The third-order valence-corrected chi connectivity index (χ3v) is 5.29. The second-order valence-electron chi connectivity index (χ2n) is 6.88. The number of amides is 1. The average molecular weight is 370 g/mol. The third kappa shape index (κ3) is 3.93. The van der Waals surface area contributed by atoms with Gasteiger partial charge in [0.1, 0.15) is 0 Å². The van der Waals surface area contributed by atoms with E-state index in [1.54, 1.807) is 6.92 Å². The average Bonchev–Trinajstić information content (AvgIpc) is 3.23. The Hall–Kier alpha value is -1.87. The lowest BCUT2D eigenvalue weighted by molar-refractivity contribution is -0.164. The molecule has 26 heavy (non-hydrogen) atoms. The first-order valence-electron chi connectivity index (χ1n) is 9.10. The first-order chi connectivity index (χ1) is 12.5. The Labute approximate surface area is 152 Å². The van der Waals surface area contributed by atoms with Crippen molar-refractivity contribution in [3.8, 4) is 0 Å². The topological polar surface area (TPSA) is 94.6 Å². The van der Waals surface area contributed by atoms with Crippen LogP contribution in [0.25, 0.3) is 0 Å². The molecule has 9 heteroatoms. The van der Waals surface area contributed by atoms with E-state index in [2.05, 4.69) is 14.4 Å². The zero-order valence-electron chi connectivity index (χ0n) is 15.2. The third-order valence-electron chi connectivity index (χ3n) is 5.29. The highest BCUT2D eigenvalue weighted by atomic mass is 16.8. The monoisotopic (exact) mass is 370 g/mol. The molecular weight excluding hydrogens is 344 g/mol. The molecule has 3 aliphatic rings. The fourth-order valence-electron chi connectivity index (χ4n) is 3.92.